The normalized spacial score (nSPS) is 10.7. The number of carbonyl (C=O) groups is 1. The second-order valence-electron chi connectivity index (χ2n) is 7.05. The number of nitrogens with one attached hydrogen (secondary N) is 2. The zero-order valence-electron chi connectivity index (χ0n) is 17.6. The SMILES string of the molecule is Cc1cc(NNC(=O)c2cc(C)n(-c3nc(C)cc(C)n3)n2)nc(-c2ccccn2)n1. The average molecular weight is 415 g/mol. The van der Waals surface area contributed by atoms with Crippen LogP contribution in [0.3, 0.4) is 0 Å². The van der Waals surface area contributed by atoms with Crippen molar-refractivity contribution in [3.05, 3.63) is 71.1 Å². The van der Waals surface area contributed by atoms with Gasteiger partial charge in [-0.25, -0.2) is 24.6 Å². The Hall–Kier alpha value is -4.21. The molecule has 31 heavy (non-hydrogen) atoms. The van der Waals surface area contributed by atoms with E-state index in [1.807, 2.05) is 52.0 Å². The molecule has 0 atom stereocenters. The largest absolute Gasteiger partial charge is 0.290 e. The summed E-state index contributed by atoms with van der Waals surface area (Å²) in [6.45, 7) is 7.45. The number of hydrogen-bond acceptors (Lipinski definition) is 8. The molecule has 0 aliphatic carbocycles. The van der Waals surface area contributed by atoms with E-state index in [-0.39, 0.29) is 5.69 Å². The molecule has 10 nitrogen and oxygen atoms in total. The molecule has 1 amide bonds. The van der Waals surface area contributed by atoms with E-state index < -0.39 is 5.91 Å². The highest BCUT2D eigenvalue weighted by molar-refractivity contribution is 5.93. The number of aryl methyl sites for hydroxylation is 4. The third-order valence-electron chi connectivity index (χ3n) is 4.33. The number of pyridine rings is 1. The van der Waals surface area contributed by atoms with E-state index in [0.29, 0.717) is 23.3 Å². The molecule has 0 aliphatic rings. The van der Waals surface area contributed by atoms with Crippen LogP contribution in [0.1, 0.15) is 33.3 Å². The van der Waals surface area contributed by atoms with Gasteiger partial charge in [0, 0.05) is 35.0 Å². The molecule has 0 radical (unpaired) electrons. The van der Waals surface area contributed by atoms with Crippen LogP contribution in [0.25, 0.3) is 17.5 Å². The second-order valence-corrected chi connectivity index (χ2v) is 7.05. The molecule has 0 aliphatic heterocycles. The van der Waals surface area contributed by atoms with Gasteiger partial charge in [-0.3, -0.25) is 20.6 Å². The van der Waals surface area contributed by atoms with Gasteiger partial charge >= 0.3 is 0 Å². The minimum absolute atomic E-state index is 0.225. The maximum atomic E-state index is 12.6. The van der Waals surface area contributed by atoms with Gasteiger partial charge in [0.05, 0.1) is 0 Å². The van der Waals surface area contributed by atoms with Crippen LogP contribution < -0.4 is 10.9 Å². The van der Waals surface area contributed by atoms with Gasteiger partial charge in [0.15, 0.2) is 11.5 Å². The highest BCUT2D eigenvalue weighted by Gasteiger charge is 2.15. The number of nitrogens with zero attached hydrogens (tertiary/aromatic N) is 7. The molecule has 4 aromatic rings. The van der Waals surface area contributed by atoms with Gasteiger partial charge < -0.3 is 0 Å². The Kier molecular flexibility index (Phi) is 5.35. The molecule has 0 bridgehead atoms. The van der Waals surface area contributed by atoms with Gasteiger partial charge in [-0.05, 0) is 52.0 Å². The Labute approximate surface area is 178 Å². The van der Waals surface area contributed by atoms with Crippen LogP contribution in [0.4, 0.5) is 5.82 Å². The molecule has 156 valence electrons. The lowest BCUT2D eigenvalue weighted by Gasteiger charge is -2.09. The van der Waals surface area contributed by atoms with Crippen molar-refractivity contribution >= 4 is 11.7 Å². The summed E-state index contributed by atoms with van der Waals surface area (Å²) in [6.07, 6.45) is 1.67. The summed E-state index contributed by atoms with van der Waals surface area (Å²) in [5.74, 6) is 0.912. The van der Waals surface area contributed by atoms with Crippen molar-refractivity contribution in [2.24, 2.45) is 0 Å². The number of amides is 1. The average Bonchev–Trinajstić information content (AvgIpc) is 3.13. The van der Waals surface area contributed by atoms with E-state index in [1.54, 1.807) is 23.0 Å². The van der Waals surface area contributed by atoms with E-state index in [0.717, 1.165) is 22.8 Å². The molecular weight excluding hydrogens is 394 g/mol. The van der Waals surface area contributed by atoms with Gasteiger partial charge in [0.2, 0.25) is 0 Å². The number of aromatic nitrogens is 7. The molecule has 0 unspecified atom stereocenters. The Morgan fingerprint density at radius 3 is 2.35 bits per heavy atom. The first-order valence-electron chi connectivity index (χ1n) is 9.62. The third kappa shape index (κ3) is 4.53. The molecule has 0 spiro atoms. The van der Waals surface area contributed by atoms with Crippen molar-refractivity contribution in [1.82, 2.24) is 40.1 Å². The van der Waals surface area contributed by atoms with Gasteiger partial charge in [0.1, 0.15) is 11.5 Å². The van der Waals surface area contributed by atoms with Crippen LogP contribution >= 0.6 is 0 Å². The van der Waals surface area contributed by atoms with Crippen LogP contribution in [0.2, 0.25) is 0 Å². The highest BCUT2D eigenvalue weighted by Crippen LogP contribution is 2.15. The van der Waals surface area contributed by atoms with Crippen LogP contribution in [0.5, 0.6) is 0 Å². The topological polar surface area (TPSA) is 123 Å². The standard InChI is InChI=1S/C21H21N9O/c1-12-9-13(2)25-21(24-12)30-15(4)11-17(29-30)20(31)28-27-18-10-14(3)23-19(26-18)16-7-5-6-8-22-16/h5-11H,1-4H3,(H,28,31)(H,23,26,27). The Balaban J connectivity index is 1.52. The number of anilines is 1. The first kappa shape index (κ1) is 20.1. The molecule has 0 aromatic carbocycles. The molecule has 4 rings (SSSR count). The maximum absolute atomic E-state index is 12.6. The minimum atomic E-state index is -0.415. The molecule has 4 aromatic heterocycles. The predicted molar refractivity (Wildman–Crippen MR) is 114 cm³/mol. The Bertz CT molecular complexity index is 1230. The second kappa shape index (κ2) is 8.27. The Morgan fingerprint density at radius 1 is 0.903 bits per heavy atom. The molecule has 4 heterocycles. The van der Waals surface area contributed by atoms with Crippen molar-refractivity contribution < 1.29 is 4.79 Å². The number of rotatable bonds is 5. The fourth-order valence-electron chi connectivity index (χ4n) is 3.02. The molecule has 10 heteroatoms. The summed E-state index contributed by atoms with van der Waals surface area (Å²) in [5, 5.41) is 4.35. The fourth-order valence-corrected chi connectivity index (χ4v) is 3.02. The van der Waals surface area contributed by atoms with Crippen molar-refractivity contribution in [3.63, 3.8) is 0 Å². The van der Waals surface area contributed by atoms with Crippen molar-refractivity contribution in [2.45, 2.75) is 27.7 Å². The summed E-state index contributed by atoms with van der Waals surface area (Å²) in [5.41, 5.74) is 9.44. The zero-order valence-corrected chi connectivity index (χ0v) is 17.6. The molecule has 0 fully saturated rings. The number of hydrogen-bond donors (Lipinski definition) is 2. The van der Waals surface area contributed by atoms with E-state index in [4.69, 9.17) is 0 Å². The van der Waals surface area contributed by atoms with Crippen molar-refractivity contribution in [2.75, 3.05) is 5.43 Å². The van der Waals surface area contributed by atoms with Crippen LogP contribution in [-0.2, 0) is 0 Å². The smallest absolute Gasteiger partial charge is 0.281 e. The van der Waals surface area contributed by atoms with Gasteiger partial charge in [-0.15, -0.1) is 0 Å². The quantitative estimate of drug-likeness (QED) is 0.477. The summed E-state index contributed by atoms with van der Waals surface area (Å²) in [6, 6.07) is 10.8. The van der Waals surface area contributed by atoms with Gasteiger partial charge in [-0.1, -0.05) is 6.07 Å². The maximum Gasteiger partial charge on any atom is 0.290 e. The summed E-state index contributed by atoms with van der Waals surface area (Å²) in [7, 11) is 0. The van der Waals surface area contributed by atoms with Crippen molar-refractivity contribution in [3.8, 4) is 17.5 Å². The lowest BCUT2D eigenvalue weighted by molar-refractivity contribution is 0.0957. The van der Waals surface area contributed by atoms with Crippen LogP contribution in [-0.4, -0.2) is 40.6 Å². The summed E-state index contributed by atoms with van der Waals surface area (Å²) in [4.78, 5) is 34.5. The van der Waals surface area contributed by atoms with E-state index in [1.165, 1.54) is 0 Å². The van der Waals surface area contributed by atoms with E-state index in [2.05, 4.69) is 40.9 Å². The van der Waals surface area contributed by atoms with E-state index >= 15 is 0 Å². The molecular formula is C21H21N9O. The zero-order chi connectivity index (χ0) is 22.0. The first-order valence-corrected chi connectivity index (χ1v) is 9.62. The molecule has 0 saturated heterocycles. The lowest BCUT2D eigenvalue weighted by atomic mass is 10.3. The Morgan fingerprint density at radius 2 is 1.65 bits per heavy atom. The highest BCUT2D eigenvalue weighted by atomic mass is 16.2. The number of hydrazine groups is 1. The lowest BCUT2D eigenvalue weighted by Crippen LogP contribution is -2.30. The van der Waals surface area contributed by atoms with Gasteiger partial charge in [-0.2, -0.15) is 5.10 Å². The van der Waals surface area contributed by atoms with Crippen LogP contribution in [0.15, 0.2) is 42.6 Å². The fraction of sp³-hybridized carbons (Fsp3) is 0.190. The first-order chi connectivity index (χ1) is 14.9. The summed E-state index contributed by atoms with van der Waals surface area (Å²) < 4.78 is 1.54. The van der Waals surface area contributed by atoms with Crippen molar-refractivity contribution in [1.29, 1.82) is 0 Å². The van der Waals surface area contributed by atoms with E-state index in [9.17, 15) is 4.79 Å². The third-order valence-corrected chi connectivity index (χ3v) is 4.33. The predicted octanol–water partition coefficient (Wildman–Crippen LogP) is 2.50. The summed E-state index contributed by atoms with van der Waals surface area (Å²) >= 11 is 0. The van der Waals surface area contributed by atoms with Gasteiger partial charge in [0.25, 0.3) is 11.9 Å². The molecule has 2 N–H and O–H groups in total. The monoisotopic (exact) mass is 415 g/mol. The number of carbonyl (C=O) groups excluding carboxylic acids is 1. The minimum Gasteiger partial charge on any atom is -0.281 e. The molecule has 0 saturated carbocycles. The van der Waals surface area contributed by atoms with Crippen LogP contribution in [0, 0.1) is 27.7 Å².